The summed E-state index contributed by atoms with van der Waals surface area (Å²) in [5.74, 6) is -2.14. The first-order valence-electron chi connectivity index (χ1n) is 8.50. The molecule has 0 atom stereocenters. The molecule has 2 aromatic carbocycles. The number of hydrogen-bond acceptors (Lipinski definition) is 6. The number of hydrogen-bond donors (Lipinski definition) is 2. The number of rotatable bonds is 7. The molecule has 0 aliphatic heterocycles. The number of aromatic nitrogens is 2. The minimum atomic E-state index is -3.86. The van der Waals surface area contributed by atoms with Gasteiger partial charge in [0.05, 0.1) is 10.5 Å². The number of sulfonamides is 1. The minimum Gasteiger partial charge on any atom is -0.296 e. The molecule has 152 valence electrons. The Bertz CT molecular complexity index is 1130. The second-order valence-corrected chi connectivity index (χ2v) is 8.66. The quantitative estimate of drug-likeness (QED) is 0.589. The Kier molecular flexibility index (Phi) is 6.30. The van der Waals surface area contributed by atoms with Crippen LogP contribution < -0.4 is 10.0 Å². The molecule has 0 spiro atoms. The third-order valence-electron chi connectivity index (χ3n) is 3.77. The predicted octanol–water partition coefficient (Wildman–Crippen LogP) is 3.42. The monoisotopic (exact) mass is 438 g/mol. The molecule has 0 saturated carbocycles. The van der Waals surface area contributed by atoms with E-state index in [0.29, 0.717) is 17.0 Å². The molecule has 0 aliphatic carbocycles. The van der Waals surface area contributed by atoms with E-state index in [1.807, 2.05) is 0 Å². The van der Waals surface area contributed by atoms with Crippen molar-refractivity contribution in [1.82, 2.24) is 14.9 Å². The maximum Gasteiger partial charge on any atom is 0.260 e. The van der Waals surface area contributed by atoms with E-state index in [0.717, 1.165) is 29.5 Å². The highest BCUT2D eigenvalue weighted by Gasteiger charge is 2.20. The molecule has 3 rings (SSSR count). The van der Waals surface area contributed by atoms with Crippen molar-refractivity contribution in [2.45, 2.75) is 18.2 Å². The van der Waals surface area contributed by atoms with Gasteiger partial charge in [0, 0.05) is 12.1 Å². The number of carbonyl (C=O) groups is 1. The molecule has 1 heterocycles. The molecule has 1 aromatic heterocycles. The Morgan fingerprint density at radius 2 is 1.83 bits per heavy atom. The first-order chi connectivity index (χ1) is 13.8. The molecule has 0 fully saturated rings. The summed E-state index contributed by atoms with van der Waals surface area (Å²) in [6.07, 6.45) is 0.585. The lowest BCUT2D eigenvalue weighted by Gasteiger charge is -2.08. The Morgan fingerprint density at radius 1 is 1.10 bits per heavy atom. The van der Waals surface area contributed by atoms with Gasteiger partial charge in [0.2, 0.25) is 15.2 Å². The highest BCUT2D eigenvalue weighted by molar-refractivity contribution is 7.89. The van der Waals surface area contributed by atoms with Crippen LogP contribution >= 0.6 is 11.3 Å². The van der Waals surface area contributed by atoms with Crippen LogP contribution in [0.4, 0.5) is 13.9 Å². The Balaban J connectivity index is 1.81. The molecule has 1 amide bonds. The highest BCUT2D eigenvalue weighted by atomic mass is 32.2. The average molecular weight is 438 g/mol. The second kappa shape index (κ2) is 8.72. The zero-order valence-electron chi connectivity index (χ0n) is 15.1. The number of halogens is 2. The van der Waals surface area contributed by atoms with Crippen molar-refractivity contribution < 1.29 is 22.0 Å². The fraction of sp³-hybridized carbons (Fsp3) is 0.167. The van der Waals surface area contributed by atoms with Gasteiger partial charge in [0.25, 0.3) is 5.91 Å². The van der Waals surface area contributed by atoms with Crippen molar-refractivity contribution in [2.24, 2.45) is 0 Å². The van der Waals surface area contributed by atoms with Gasteiger partial charge in [-0.15, -0.1) is 10.2 Å². The van der Waals surface area contributed by atoms with Crippen molar-refractivity contribution in [2.75, 3.05) is 11.9 Å². The standard InChI is InChI=1S/C18H16F2N4O3S2/c1-2-9-21-29(26,27)13-7-8-15(20)14(10-13)16(25)22-18-24-23-17(28-18)11-3-5-12(19)6-4-11/h3-8,10,21H,2,9H2,1H3,(H,22,24,25). The normalized spacial score (nSPS) is 11.4. The van der Waals surface area contributed by atoms with Gasteiger partial charge >= 0.3 is 0 Å². The highest BCUT2D eigenvalue weighted by Crippen LogP contribution is 2.27. The zero-order valence-corrected chi connectivity index (χ0v) is 16.8. The molecule has 0 unspecified atom stereocenters. The van der Waals surface area contributed by atoms with Crippen LogP contribution in [-0.4, -0.2) is 31.1 Å². The van der Waals surface area contributed by atoms with Crippen LogP contribution in [0.2, 0.25) is 0 Å². The summed E-state index contributed by atoms with van der Waals surface area (Å²) in [5.41, 5.74) is 0.161. The van der Waals surface area contributed by atoms with Crippen molar-refractivity contribution in [1.29, 1.82) is 0 Å². The molecule has 7 nitrogen and oxygen atoms in total. The molecule has 0 saturated heterocycles. The fourth-order valence-electron chi connectivity index (χ4n) is 2.31. The lowest BCUT2D eigenvalue weighted by Crippen LogP contribution is -2.25. The number of nitrogens with one attached hydrogen (secondary N) is 2. The fourth-order valence-corrected chi connectivity index (χ4v) is 4.22. The number of benzene rings is 2. The van der Waals surface area contributed by atoms with E-state index in [-0.39, 0.29) is 16.6 Å². The van der Waals surface area contributed by atoms with Crippen LogP contribution in [-0.2, 0) is 10.0 Å². The summed E-state index contributed by atoms with van der Waals surface area (Å²) in [7, 11) is -3.86. The predicted molar refractivity (Wildman–Crippen MR) is 105 cm³/mol. The molecule has 3 aromatic rings. The van der Waals surface area contributed by atoms with E-state index in [4.69, 9.17) is 0 Å². The van der Waals surface area contributed by atoms with Gasteiger partial charge in [-0.2, -0.15) is 0 Å². The van der Waals surface area contributed by atoms with Gasteiger partial charge in [0.1, 0.15) is 16.6 Å². The Labute approximate surface area is 169 Å². The number of amides is 1. The number of nitrogens with zero attached hydrogens (tertiary/aromatic N) is 2. The third-order valence-corrected chi connectivity index (χ3v) is 6.12. The summed E-state index contributed by atoms with van der Waals surface area (Å²) >= 11 is 1.01. The van der Waals surface area contributed by atoms with E-state index in [2.05, 4.69) is 20.2 Å². The van der Waals surface area contributed by atoms with Crippen molar-refractivity contribution >= 4 is 32.4 Å². The minimum absolute atomic E-state index is 0.0890. The SMILES string of the molecule is CCCNS(=O)(=O)c1ccc(F)c(C(=O)Nc2nnc(-c3ccc(F)cc3)s2)c1. The van der Waals surface area contributed by atoms with Gasteiger partial charge in [-0.05, 0) is 48.9 Å². The zero-order chi connectivity index (χ0) is 21.0. The maximum absolute atomic E-state index is 14.1. The van der Waals surface area contributed by atoms with E-state index in [1.165, 1.54) is 24.3 Å². The van der Waals surface area contributed by atoms with Crippen LogP contribution in [0.15, 0.2) is 47.4 Å². The van der Waals surface area contributed by atoms with Gasteiger partial charge in [0.15, 0.2) is 0 Å². The average Bonchev–Trinajstić information content (AvgIpc) is 3.15. The molecule has 11 heteroatoms. The molecule has 2 N–H and O–H groups in total. The van der Waals surface area contributed by atoms with E-state index in [1.54, 1.807) is 6.92 Å². The Morgan fingerprint density at radius 3 is 2.52 bits per heavy atom. The molecular weight excluding hydrogens is 422 g/mol. The van der Waals surface area contributed by atoms with Gasteiger partial charge in [-0.3, -0.25) is 10.1 Å². The summed E-state index contributed by atoms with van der Waals surface area (Å²) in [6, 6.07) is 8.52. The molecular formula is C18H16F2N4O3S2. The van der Waals surface area contributed by atoms with Crippen molar-refractivity contribution in [3.63, 3.8) is 0 Å². The van der Waals surface area contributed by atoms with Crippen LogP contribution in [0.1, 0.15) is 23.7 Å². The molecule has 0 bridgehead atoms. The second-order valence-electron chi connectivity index (χ2n) is 5.91. The first kappa shape index (κ1) is 21.0. The summed E-state index contributed by atoms with van der Waals surface area (Å²) in [5, 5.41) is 10.6. The summed E-state index contributed by atoms with van der Waals surface area (Å²) in [4.78, 5) is 12.2. The van der Waals surface area contributed by atoms with E-state index >= 15 is 0 Å². The lowest BCUT2D eigenvalue weighted by atomic mass is 10.2. The summed E-state index contributed by atoms with van der Waals surface area (Å²) < 4.78 is 53.9. The molecule has 0 radical (unpaired) electrons. The molecule has 29 heavy (non-hydrogen) atoms. The van der Waals surface area contributed by atoms with Crippen LogP contribution in [0.5, 0.6) is 0 Å². The third kappa shape index (κ3) is 5.00. The Hall–Kier alpha value is -2.76. The van der Waals surface area contributed by atoms with Crippen molar-refractivity contribution in [3.05, 3.63) is 59.7 Å². The van der Waals surface area contributed by atoms with Crippen LogP contribution in [0.3, 0.4) is 0 Å². The topological polar surface area (TPSA) is 101 Å². The van der Waals surface area contributed by atoms with Crippen molar-refractivity contribution in [3.8, 4) is 10.6 Å². The maximum atomic E-state index is 14.1. The molecule has 0 aliphatic rings. The van der Waals surface area contributed by atoms with Gasteiger partial charge in [-0.25, -0.2) is 21.9 Å². The summed E-state index contributed by atoms with van der Waals surface area (Å²) in [6.45, 7) is 2.02. The van der Waals surface area contributed by atoms with Gasteiger partial charge < -0.3 is 0 Å². The van der Waals surface area contributed by atoms with Crippen LogP contribution in [0, 0.1) is 11.6 Å². The largest absolute Gasteiger partial charge is 0.296 e. The smallest absolute Gasteiger partial charge is 0.260 e. The first-order valence-corrected chi connectivity index (χ1v) is 10.8. The number of carbonyl (C=O) groups excluding carboxylic acids is 1. The lowest BCUT2D eigenvalue weighted by molar-refractivity contribution is 0.102. The van der Waals surface area contributed by atoms with E-state index in [9.17, 15) is 22.0 Å². The van der Waals surface area contributed by atoms with E-state index < -0.39 is 33.1 Å². The number of anilines is 1. The van der Waals surface area contributed by atoms with Crippen LogP contribution in [0.25, 0.3) is 10.6 Å². The van der Waals surface area contributed by atoms with Gasteiger partial charge in [-0.1, -0.05) is 18.3 Å².